The second kappa shape index (κ2) is 4.70. The second-order valence-electron chi connectivity index (χ2n) is 4.93. The number of rotatable bonds is 2. The van der Waals surface area contributed by atoms with Crippen LogP contribution >= 0.6 is 0 Å². The molecule has 0 saturated heterocycles. The van der Waals surface area contributed by atoms with E-state index in [2.05, 4.69) is 12.1 Å². The predicted octanol–water partition coefficient (Wildman–Crippen LogP) is 4.33. The van der Waals surface area contributed by atoms with Gasteiger partial charge in [-0.3, -0.25) is 0 Å². The molecule has 1 aromatic heterocycles. The van der Waals surface area contributed by atoms with E-state index in [-0.39, 0.29) is 0 Å². The van der Waals surface area contributed by atoms with Gasteiger partial charge in [-0.2, -0.15) is 0 Å². The van der Waals surface area contributed by atoms with Gasteiger partial charge >= 0.3 is 0 Å². The number of para-hydroxylation sites is 2. The third-order valence-electron chi connectivity index (χ3n) is 3.61. The van der Waals surface area contributed by atoms with Crippen LogP contribution in [0.15, 0.2) is 54.6 Å². The number of benzene rings is 3. The molecule has 0 amide bonds. The molecule has 4 aromatic rings. The third kappa shape index (κ3) is 1.89. The Hall–Kier alpha value is -2.68. The summed E-state index contributed by atoms with van der Waals surface area (Å²) in [6.45, 7) is 2.63. The standard InChI is InChI=1S/C18H14N2O/c1-2-21-17-11-16-18(13-8-4-3-7-12(13)17)20-15-10-6-5-9-14(15)19-16/h3-11H,2H2,1H3. The van der Waals surface area contributed by atoms with Crippen LogP contribution in [0.5, 0.6) is 5.75 Å². The van der Waals surface area contributed by atoms with Gasteiger partial charge in [0.1, 0.15) is 5.75 Å². The van der Waals surface area contributed by atoms with Gasteiger partial charge in [0.05, 0.1) is 28.7 Å². The summed E-state index contributed by atoms with van der Waals surface area (Å²) in [4.78, 5) is 9.52. The van der Waals surface area contributed by atoms with Crippen LogP contribution in [0.1, 0.15) is 6.92 Å². The molecule has 3 aromatic carbocycles. The van der Waals surface area contributed by atoms with Gasteiger partial charge in [-0.05, 0) is 19.1 Å². The van der Waals surface area contributed by atoms with Gasteiger partial charge in [0.15, 0.2) is 0 Å². The van der Waals surface area contributed by atoms with Gasteiger partial charge in [-0.1, -0.05) is 36.4 Å². The van der Waals surface area contributed by atoms with Crippen LogP contribution in [-0.2, 0) is 0 Å². The van der Waals surface area contributed by atoms with Crippen molar-refractivity contribution in [2.75, 3.05) is 6.61 Å². The molecule has 0 N–H and O–H groups in total. The fourth-order valence-corrected chi connectivity index (χ4v) is 2.69. The van der Waals surface area contributed by atoms with Crippen molar-refractivity contribution < 1.29 is 4.74 Å². The second-order valence-corrected chi connectivity index (χ2v) is 4.93. The Morgan fingerprint density at radius 2 is 1.48 bits per heavy atom. The van der Waals surface area contributed by atoms with Crippen molar-refractivity contribution in [1.29, 1.82) is 0 Å². The zero-order valence-electron chi connectivity index (χ0n) is 11.7. The molecule has 0 radical (unpaired) electrons. The van der Waals surface area contributed by atoms with Crippen molar-refractivity contribution in [1.82, 2.24) is 9.97 Å². The normalized spacial score (nSPS) is 11.3. The van der Waals surface area contributed by atoms with Crippen molar-refractivity contribution in [3.05, 3.63) is 54.6 Å². The highest BCUT2D eigenvalue weighted by atomic mass is 16.5. The van der Waals surface area contributed by atoms with E-state index in [1.165, 1.54) is 0 Å². The smallest absolute Gasteiger partial charge is 0.129 e. The van der Waals surface area contributed by atoms with E-state index in [9.17, 15) is 0 Å². The summed E-state index contributed by atoms with van der Waals surface area (Å²) in [7, 11) is 0. The lowest BCUT2D eigenvalue weighted by atomic mass is 10.1. The minimum absolute atomic E-state index is 0.635. The molecule has 1 heterocycles. The summed E-state index contributed by atoms with van der Waals surface area (Å²) in [6, 6.07) is 18.1. The SMILES string of the molecule is CCOc1cc2nc3ccccc3nc2c2ccccc12. The van der Waals surface area contributed by atoms with Crippen LogP contribution in [0.2, 0.25) is 0 Å². The number of hydrogen-bond donors (Lipinski definition) is 0. The van der Waals surface area contributed by atoms with E-state index in [0.29, 0.717) is 6.61 Å². The van der Waals surface area contributed by atoms with Crippen LogP contribution in [-0.4, -0.2) is 16.6 Å². The minimum atomic E-state index is 0.635. The van der Waals surface area contributed by atoms with Crippen molar-refractivity contribution in [3.8, 4) is 5.75 Å². The summed E-state index contributed by atoms with van der Waals surface area (Å²) < 4.78 is 5.77. The van der Waals surface area contributed by atoms with Gasteiger partial charge in [0.25, 0.3) is 0 Å². The fraction of sp³-hybridized carbons (Fsp3) is 0.111. The van der Waals surface area contributed by atoms with E-state index in [4.69, 9.17) is 14.7 Å². The Labute approximate surface area is 122 Å². The molecule has 3 heteroatoms. The Morgan fingerprint density at radius 1 is 0.810 bits per heavy atom. The first kappa shape index (κ1) is 12.1. The molecule has 3 nitrogen and oxygen atoms in total. The maximum Gasteiger partial charge on any atom is 0.129 e. The molecule has 0 bridgehead atoms. The summed E-state index contributed by atoms with van der Waals surface area (Å²) in [5, 5.41) is 2.16. The largest absolute Gasteiger partial charge is 0.493 e. The van der Waals surface area contributed by atoms with Gasteiger partial charge in [-0.25, -0.2) is 9.97 Å². The molecule has 4 rings (SSSR count). The molecule has 0 aliphatic rings. The molecule has 0 atom stereocenters. The molecule has 21 heavy (non-hydrogen) atoms. The Morgan fingerprint density at radius 3 is 2.24 bits per heavy atom. The van der Waals surface area contributed by atoms with Gasteiger partial charge in [0.2, 0.25) is 0 Å². The van der Waals surface area contributed by atoms with Crippen LogP contribution in [0.25, 0.3) is 32.8 Å². The van der Waals surface area contributed by atoms with Crippen LogP contribution in [0.4, 0.5) is 0 Å². The van der Waals surface area contributed by atoms with Crippen LogP contribution in [0, 0.1) is 0 Å². The fourth-order valence-electron chi connectivity index (χ4n) is 2.69. The van der Waals surface area contributed by atoms with Crippen molar-refractivity contribution >= 4 is 32.8 Å². The first-order valence-corrected chi connectivity index (χ1v) is 7.08. The zero-order valence-corrected chi connectivity index (χ0v) is 11.7. The Kier molecular flexibility index (Phi) is 2.71. The number of ether oxygens (including phenoxy) is 1. The zero-order chi connectivity index (χ0) is 14.2. The van der Waals surface area contributed by atoms with Crippen molar-refractivity contribution in [3.63, 3.8) is 0 Å². The third-order valence-corrected chi connectivity index (χ3v) is 3.61. The van der Waals surface area contributed by atoms with E-state index >= 15 is 0 Å². The lowest BCUT2D eigenvalue weighted by molar-refractivity contribution is 0.344. The molecular formula is C18H14N2O. The van der Waals surface area contributed by atoms with E-state index in [0.717, 1.165) is 38.6 Å². The average Bonchev–Trinajstić information content (AvgIpc) is 2.54. The summed E-state index contributed by atoms with van der Waals surface area (Å²) in [6.07, 6.45) is 0. The first-order valence-electron chi connectivity index (χ1n) is 7.08. The van der Waals surface area contributed by atoms with Crippen molar-refractivity contribution in [2.24, 2.45) is 0 Å². The lowest BCUT2D eigenvalue weighted by Gasteiger charge is -2.10. The van der Waals surface area contributed by atoms with E-state index in [1.807, 2.05) is 49.4 Å². The van der Waals surface area contributed by atoms with Gasteiger partial charge in [0, 0.05) is 16.8 Å². The highest BCUT2D eigenvalue weighted by molar-refractivity contribution is 6.08. The minimum Gasteiger partial charge on any atom is -0.493 e. The van der Waals surface area contributed by atoms with E-state index < -0.39 is 0 Å². The van der Waals surface area contributed by atoms with Crippen molar-refractivity contribution in [2.45, 2.75) is 6.92 Å². The maximum absolute atomic E-state index is 5.77. The highest BCUT2D eigenvalue weighted by Gasteiger charge is 2.10. The molecular weight excluding hydrogens is 260 g/mol. The molecule has 0 unspecified atom stereocenters. The lowest BCUT2D eigenvalue weighted by Crippen LogP contribution is -1.95. The topological polar surface area (TPSA) is 35.0 Å². The number of nitrogens with zero attached hydrogens (tertiary/aromatic N) is 2. The summed E-state index contributed by atoms with van der Waals surface area (Å²) >= 11 is 0. The predicted molar refractivity (Wildman–Crippen MR) is 85.7 cm³/mol. The number of fused-ring (bicyclic) bond motifs is 4. The average molecular weight is 274 g/mol. The quantitative estimate of drug-likeness (QED) is 0.403. The van der Waals surface area contributed by atoms with E-state index in [1.54, 1.807) is 0 Å². The molecule has 102 valence electrons. The maximum atomic E-state index is 5.77. The molecule has 0 spiro atoms. The Bertz CT molecular complexity index is 963. The molecule has 0 saturated carbocycles. The monoisotopic (exact) mass is 274 g/mol. The highest BCUT2D eigenvalue weighted by Crippen LogP contribution is 2.32. The van der Waals surface area contributed by atoms with Crippen LogP contribution in [0.3, 0.4) is 0 Å². The number of aromatic nitrogens is 2. The summed E-state index contributed by atoms with van der Waals surface area (Å²) in [5.74, 6) is 0.866. The molecule has 0 fully saturated rings. The molecule has 0 aliphatic carbocycles. The van der Waals surface area contributed by atoms with Gasteiger partial charge in [-0.15, -0.1) is 0 Å². The number of hydrogen-bond acceptors (Lipinski definition) is 3. The van der Waals surface area contributed by atoms with Gasteiger partial charge < -0.3 is 4.74 Å². The Balaban J connectivity index is 2.18. The summed E-state index contributed by atoms with van der Waals surface area (Å²) in [5.41, 5.74) is 3.62. The first-order chi connectivity index (χ1) is 10.4. The molecule has 0 aliphatic heterocycles. The van der Waals surface area contributed by atoms with Crippen LogP contribution < -0.4 is 4.74 Å².